The van der Waals surface area contributed by atoms with Crippen LogP contribution in [0, 0.1) is 6.92 Å². The number of hydrogen-bond donors (Lipinski definition) is 0. The number of rotatable bonds is 3. The highest BCUT2D eigenvalue weighted by Gasteiger charge is 2.35. The molecule has 1 fully saturated rings. The number of imidazole rings is 1. The highest BCUT2D eigenvalue weighted by molar-refractivity contribution is 5.74. The van der Waals surface area contributed by atoms with Crippen molar-refractivity contribution in [2.75, 3.05) is 45.2 Å². The number of alkyl halides is 3. The van der Waals surface area contributed by atoms with Crippen LogP contribution in [0.1, 0.15) is 11.3 Å². The molecule has 37 heavy (non-hydrogen) atoms. The molecule has 0 bridgehead atoms. The summed E-state index contributed by atoms with van der Waals surface area (Å²) in [5, 5.41) is 0. The molecular weight excluding hydrogens is 483 g/mol. The molecule has 1 saturated heterocycles. The molecule has 4 aromatic rings. The quantitative estimate of drug-likeness (QED) is 0.404. The molecule has 8 nitrogen and oxygen atoms in total. The van der Waals surface area contributed by atoms with Crippen LogP contribution >= 0.6 is 0 Å². The number of carbonyl (C=O) groups excluding carboxylic acids is 1. The lowest BCUT2D eigenvalue weighted by atomic mass is 10.1. The average molecular weight is 510 g/mol. The Kier molecular flexibility index (Phi) is 6.22. The lowest BCUT2D eigenvalue weighted by Crippen LogP contribution is -2.51. The summed E-state index contributed by atoms with van der Waals surface area (Å²) < 4.78 is 43.3. The second-order valence-corrected chi connectivity index (χ2v) is 9.22. The third-order valence-electron chi connectivity index (χ3n) is 6.46. The van der Waals surface area contributed by atoms with Gasteiger partial charge in [0.15, 0.2) is 0 Å². The Bertz CT molecular complexity index is 1420. The maximum Gasteiger partial charge on any atom is 0.420 e. The summed E-state index contributed by atoms with van der Waals surface area (Å²) in [6, 6.07) is 8.28. The highest BCUT2D eigenvalue weighted by atomic mass is 19.4. The summed E-state index contributed by atoms with van der Waals surface area (Å²) in [7, 11) is 3.46. The zero-order valence-electron chi connectivity index (χ0n) is 20.7. The predicted molar refractivity (Wildman–Crippen MR) is 134 cm³/mol. The molecular formula is C26H26F3N7O. The fourth-order valence-corrected chi connectivity index (χ4v) is 4.44. The zero-order valence-corrected chi connectivity index (χ0v) is 20.7. The first kappa shape index (κ1) is 24.5. The molecule has 192 valence electrons. The molecule has 0 saturated carbocycles. The van der Waals surface area contributed by atoms with Gasteiger partial charge >= 0.3 is 12.2 Å². The number of pyridine rings is 3. The van der Waals surface area contributed by atoms with Crippen LogP contribution in [-0.4, -0.2) is 75.5 Å². The monoisotopic (exact) mass is 509 g/mol. The van der Waals surface area contributed by atoms with Gasteiger partial charge in [-0.1, -0.05) is 6.07 Å². The van der Waals surface area contributed by atoms with Gasteiger partial charge in [0, 0.05) is 81.2 Å². The summed E-state index contributed by atoms with van der Waals surface area (Å²) >= 11 is 0. The van der Waals surface area contributed by atoms with Crippen LogP contribution in [0.25, 0.3) is 28.0 Å². The van der Waals surface area contributed by atoms with Crippen molar-refractivity contribution in [2.45, 2.75) is 13.1 Å². The molecule has 0 spiro atoms. The number of fused-ring (bicyclic) bond motifs is 1. The first-order chi connectivity index (χ1) is 17.6. The standard InChI is InChI=1S/C26H26F3N7O/c1-17-4-5-18(13-30-17)20-12-21(26(27,28)29)24-32-15-22(36(24)16-20)19-6-7-23(31-14-19)34-8-10-35(11-9-34)25(37)33(2)3/h4-7,12-16H,8-11H2,1-3H3. The molecule has 0 radical (unpaired) electrons. The van der Waals surface area contributed by atoms with Crippen LogP contribution in [0.2, 0.25) is 0 Å². The van der Waals surface area contributed by atoms with Gasteiger partial charge in [0.25, 0.3) is 0 Å². The van der Waals surface area contributed by atoms with Crippen molar-refractivity contribution in [3.8, 4) is 22.4 Å². The maximum atomic E-state index is 14.0. The van der Waals surface area contributed by atoms with Crippen LogP contribution in [0.5, 0.6) is 0 Å². The van der Waals surface area contributed by atoms with E-state index in [0.717, 1.165) is 17.6 Å². The first-order valence-electron chi connectivity index (χ1n) is 11.8. The SMILES string of the molecule is Cc1ccc(-c2cc(C(F)(F)F)c3ncc(-c4ccc(N5CCN(C(=O)N(C)C)CC5)nc4)n3c2)cn1. The first-order valence-corrected chi connectivity index (χ1v) is 11.8. The highest BCUT2D eigenvalue weighted by Crippen LogP contribution is 2.36. The van der Waals surface area contributed by atoms with Crippen molar-refractivity contribution in [2.24, 2.45) is 0 Å². The number of carbonyl (C=O) groups is 1. The third-order valence-corrected chi connectivity index (χ3v) is 6.46. The second kappa shape index (κ2) is 9.38. The van der Waals surface area contributed by atoms with Gasteiger partial charge in [0.2, 0.25) is 0 Å². The van der Waals surface area contributed by atoms with Gasteiger partial charge in [-0.05, 0) is 31.2 Å². The Morgan fingerprint density at radius 1 is 0.892 bits per heavy atom. The molecule has 0 aliphatic carbocycles. The topological polar surface area (TPSA) is 69.9 Å². The summed E-state index contributed by atoms with van der Waals surface area (Å²) in [5.41, 5.74) is 1.91. The third kappa shape index (κ3) is 4.81. The summed E-state index contributed by atoms with van der Waals surface area (Å²) in [5.74, 6) is 0.747. The molecule has 2 amide bonds. The number of halogens is 3. The predicted octanol–water partition coefficient (Wildman–Crippen LogP) is 4.59. The van der Waals surface area contributed by atoms with E-state index < -0.39 is 11.7 Å². The molecule has 5 rings (SSSR count). The molecule has 4 aromatic heterocycles. The van der Waals surface area contributed by atoms with E-state index in [-0.39, 0.29) is 11.7 Å². The normalized spacial score (nSPS) is 14.3. The van der Waals surface area contributed by atoms with Crippen molar-refractivity contribution < 1.29 is 18.0 Å². The van der Waals surface area contributed by atoms with E-state index in [1.54, 1.807) is 54.6 Å². The van der Waals surface area contributed by atoms with Crippen LogP contribution in [-0.2, 0) is 6.18 Å². The molecule has 11 heteroatoms. The van der Waals surface area contributed by atoms with E-state index in [2.05, 4.69) is 19.9 Å². The molecule has 0 aromatic carbocycles. The zero-order chi connectivity index (χ0) is 26.3. The van der Waals surface area contributed by atoms with Crippen molar-refractivity contribution in [3.63, 3.8) is 0 Å². The van der Waals surface area contributed by atoms with Gasteiger partial charge < -0.3 is 14.7 Å². The Labute approximate surface area is 212 Å². The Morgan fingerprint density at radius 2 is 1.59 bits per heavy atom. The molecule has 0 atom stereocenters. The van der Waals surface area contributed by atoms with E-state index >= 15 is 0 Å². The van der Waals surface area contributed by atoms with Crippen LogP contribution < -0.4 is 4.90 Å². The smallest absolute Gasteiger partial charge is 0.353 e. The van der Waals surface area contributed by atoms with Crippen molar-refractivity contribution in [3.05, 3.63) is 66.4 Å². The van der Waals surface area contributed by atoms with Gasteiger partial charge in [0.05, 0.1) is 17.5 Å². The fourth-order valence-electron chi connectivity index (χ4n) is 4.44. The number of anilines is 1. The van der Waals surface area contributed by atoms with Gasteiger partial charge in [-0.2, -0.15) is 13.2 Å². The number of aromatic nitrogens is 4. The van der Waals surface area contributed by atoms with Gasteiger partial charge in [0.1, 0.15) is 11.5 Å². The average Bonchev–Trinajstić information content (AvgIpc) is 3.31. The summed E-state index contributed by atoms with van der Waals surface area (Å²) in [6.45, 7) is 4.28. The minimum absolute atomic E-state index is 0.0189. The van der Waals surface area contributed by atoms with E-state index in [1.165, 1.54) is 10.6 Å². The lowest BCUT2D eigenvalue weighted by Gasteiger charge is -2.36. The molecule has 1 aliphatic heterocycles. The Balaban J connectivity index is 1.46. The van der Waals surface area contributed by atoms with Crippen LogP contribution in [0.15, 0.2) is 55.1 Å². The number of piperazine rings is 1. The number of hydrogen-bond acceptors (Lipinski definition) is 5. The Morgan fingerprint density at radius 3 is 2.19 bits per heavy atom. The van der Waals surface area contributed by atoms with Gasteiger partial charge in [-0.15, -0.1) is 0 Å². The van der Waals surface area contributed by atoms with E-state index in [9.17, 15) is 18.0 Å². The molecule has 0 unspecified atom stereocenters. The van der Waals surface area contributed by atoms with E-state index in [0.29, 0.717) is 48.6 Å². The molecule has 0 N–H and O–H groups in total. The number of nitrogens with zero attached hydrogens (tertiary/aromatic N) is 7. The second-order valence-electron chi connectivity index (χ2n) is 9.22. The minimum Gasteiger partial charge on any atom is -0.353 e. The maximum absolute atomic E-state index is 14.0. The van der Waals surface area contributed by atoms with Crippen LogP contribution in [0.3, 0.4) is 0 Å². The minimum atomic E-state index is -4.57. The van der Waals surface area contributed by atoms with E-state index in [4.69, 9.17) is 0 Å². The summed E-state index contributed by atoms with van der Waals surface area (Å²) in [6.07, 6.45) is 1.72. The number of amides is 2. The molecule has 5 heterocycles. The van der Waals surface area contributed by atoms with E-state index in [1.807, 2.05) is 19.1 Å². The largest absolute Gasteiger partial charge is 0.420 e. The van der Waals surface area contributed by atoms with Crippen molar-refractivity contribution in [1.82, 2.24) is 29.2 Å². The molecule has 1 aliphatic rings. The van der Waals surface area contributed by atoms with Crippen molar-refractivity contribution >= 4 is 17.5 Å². The summed E-state index contributed by atoms with van der Waals surface area (Å²) in [4.78, 5) is 30.5. The lowest BCUT2D eigenvalue weighted by molar-refractivity contribution is -0.136. The van der Waals surface area contributed by atoms with Crippen molar-refractivity contribution in [1.29, 1.82) is 0 Å². The van der Waals surface area contributed by atoms with Gasteiger partial charge in [-0.3, -0.25) is 9.38 Å². The number of aryl methyl sites for hydroxylation is 1. The number of urea groups is 1. The fraction of sp³-hybridized carbons (Fsp3) is 0.308. The van der Waals surface area contributed by atoms with Gasteiger partial charge in [-0.25, -0.2) is 14.8 Å². The van der Waals surface area contributed by atoms with Crippen LogP contribution in [0.4, 0.5) is 23.8 Å². The Hall–Kier alpha value is -4.15.